The van der Waals surface area contributed by atoms with Crippen molar-refractivity contribution < 1.29 is 4.79 Å². The van der Waals surface area contributed by atoms with Gasteiger partial charge >= 0.3 is 0 Å². The Labute approximate surface area is 93.8 Å². The zero-order valence-electron chi connectivity index (χ0n) is 9.18. The number of hydrogen-bond acceptors (Lipinski definition) is 5. The Morgan fingerprint density at radius 2 is 2.38 bits per heavy atom. The van der Waals surface area contributed by atoms with Gasteiger partial charge in [-0.1, -0.05) is 0 Å². The van der Waals surface area contributed by atoms with Gasteiger partial charge in [0.1, 0.15) is 5.69 Å². The highest BCUT2D eigenvalue weighted by Crippen LogP contribution is 2.27. The van der Waals surface area contributed by atoms with Crippen LogP contribution in [-0.4, -0.2) is 33.4 Å². The molecule has 1 saturated carbocycles. The van der Waals surface area contributed by atoms with Crippen LogP contribution in [0.25, 0.3) is 0 Å². The van der Waals surface area contributed by atoms with Crippen molar-refractivity contribution in [3.63, 3.8) is 0 Å². The molecule has 1 amide bonds. The highest BCUT2D eigenvalue weighted by molar-refractivity contribution is 5.92. The van der Waals surface area contributed by atoms with E-state index in [1.165, 1.54) is 12.4 Å². The lowest BCUT2D eigenvalue weighted by Crippen LogP contribution is -2.33. The van der Waals surface area contributed by atoms with E-state index < -0.39 is 0 Å². The summed E-state index contributed by atoms with van der Waals surface area (Å²) in [6.45, 7) is 2.67. The number of nitrogens with two attached hydrogens (primary N) is 1. The summed E-state index contributed by atoms with van der Waals surface area (Å²) in [6, 6.07) is 0.383. The summed E-state index contributed by atoms with van der Waals surface area (Å²) in [6.07, 6.45) is 5.11. The maximum Gasteiger partial charge on any atom is 0.274 e. The molecule has 0 bridgehead atoms. The molecular weight excluding hydrogens is 206 g/mol. The molecule has 6 heteroatoms. The van der Waals surface area contributed by atoms with E-state index in [1.54, 1.807) is 0 Å². The first kappa shape index (κ1) is 10.8. The predicted molar refractivity (Wildman–Crippen MR) is 59.6 cm³/mol. The van der Waals surface area contributed by atoms with Crippen molar-refractivity contribution in [2.75, 3.05) is 12.0 Å². The van der Waals surface area contributed by atoms with E-state index in [9.17, 15) is 4.79 Å². The van der Waals surface area contributed by atoms with Gasteiger partial charge in [0.25, 0.3) is 5.91 Å². The molecule has 16 heavy (non-hydrogen) atoms. The molecule has 1 aromatic heterocycles. The molecule has 1 aliphatic rings. The van der Waals surface area contributed by atoms with E-state index in [0.29, 0.717) is 24.1 Å². The summed E-state index contributed by atoms with van der Waals surface area (Å²) >= 11 is 0. The van der Waals surface area contributed by atoms with Crippen LogP contribution in [0.3, 0.4) is 0 Å². The van der Waals surface area contributed by atoms with Gasteiger partial charge in [-0.05, 0) is 19.8 Å². The normalized spacial score (nSPS) is 14.6. The van der Waals surface area contributed by atoms with Crippen molar-refractivity contribution in [1.29, 1.82) is 0 Å². The van der Waals surface area contributed by atoms with Gasteiger partial charge in [-0.15, -0.1) is 0 Å². The molecule has 0 aromatic carbocycles. The molecule has 3 N–H and O–H groups in total. The van der Waals surface area contributed by atoms with Crippen LogP contribution in [0.1, 0.15) is 30.3 Å². The predicted octanol–water partition coefficient (Wildman–Crippen LogP) is 0.387. The van der Waals surface area contributed by atoms with Crippen LogP contribution in [-0.2, 0) is 0 Å². The number of nitrogens with one attached hydrogen (secondary N) is 1. The van der Waals surface area contributed by atoms with Crippen molar-refractivity contribution >= 4 is 11.7 Å². The molecule has 0 saturated heterocycles. The number of aromatic nitrogens is 2. The molecule has 6 nitrogen and oxygen atoms in total. The summed E-state index contributed by atoms with van der Waals surface area (Å²) in [5.41, 5.74) is 2.72. The fraction of sp³-hybridized carbons (Fsp3) is 0.500. The average Bonchev–Trinajstić information content (AvgIpc) is 3.14. The lowest BCUT2D eigenvalue weighted by atomic mass is 10.3. The summed E-state index contributed by atoms with van der Waals surface area (Å²) < 4.78 is 0. The number of anilines is 1. The van der Waals surface area contributed by atoms with Crippen LogP contribution in [0.2, 0.25) is 0 Å². The van der Waals surface area contributed by atoms with E-state index in [0.717, 1.165) is 12.8 Å². The molecule has 0 spiro atoms. The smallest absolute Gasteiger partial charge is 0.274 e. The average molecular weight is 221 g/mol. The minimum atomic E-state index is -0.0744. The molecule has 0 unspecified atom stereocenters. The van der Waals surface area contributed by atoms with Crippen molar-refractivity contribution in [1.82, 2.24) is 14.9 Å². The molecule has 0 radical (unpaired) electrons. The van der Waals surface area contributed by atoms with Gasteiger partial charge in [-0.25, -0.2) is 10.8 Å². The van der Waals surface area contributed by atoms with Gasteiger partial charge in [0, 0.05) is 12.6 Å². The second-order valence-corrected chi connectivity index (χ2v) is 3.76. The van der Waals surface area contributed by atoms with Crippen LogP contribution in [0.5, 0.6) is 0 Å². The highest BCUT2D eigenvalue weighted by atomic mass is 16.2. The number of carbonyl (C=O) groups excluding carboxylic acids is 1. The molecule has 86 valence electrons. The van der Waals surface area contributed by atoms with Crippen LogP contribution < -0.4 is 11.3 Å². The van der Waals surface area contributed by atoms with Crippen LogP contribution in [0.15, 0.2) is 12.4 Å². The maximum absolute atomic E-state index is 12.1. The van der Waals surface area contributed by atoms with E-state index in [2.05, 4.69) is 15.4 Å². The number of amides is 1. The molecular formula is C10H15N5O. The zero-order chi connectivity index (χ0) is 11.5. The van der Waals surface area contributed by atoms with Gasteiger partial charge in [-0.3, -0.25) is 9.78 Å². The molecule has 0 atom stereocenters. The van der Waals surface area contributed by atoms with Crippen molar-refractivity contribution in [3.8, 4) is 0 Å². The van der Waals surface area contributed by atoms with E-state index >= 15 is 0 Å². The standard InChI is InChI=1S/C10H15N5O/c1-2-15(7-3-4-7)10(16)8-5-12-6-9(13-8)14-11/h5-7H,2-4,11H2,1H3,(H,13,14). The second-order valence-electron chi connectivity index (χ2n) is 3.76. The van der Waals surface area contributed by atoms with Crippen molar-refractivity contribution in [2.24, 2.45) is 5.84 Å². The second kappa shape index (κ2) is 4.44. The number of rotatable bonds is 4. The van der Waals surface area contributed by atoms with Gasteiger partial charge in [0.15, 0.2) is 5.82 Å². The first-order valence-electron chi connectivity index (χ1n) is 5.36. The number of hydrogen-bond donors (Lipinski definition) is 2. The highest BCUT2D eigenvalue weighted by Gasteiger charge is 2.32. The monoisotopic (exact) mass is 221 g/mol. The Balaban J connectivity index is 2.18. The molecule has 1 heterocycles. The number of nitrogen functional groups attached to an aromatic ring is 1. The minimum absolute atomic E-state index is 0.0744. The molecule has 0 aliphatic heterocycles. The zero-order valence-corrected chi connectivity index (χ0v) is 9.18. The van der Waals surface area contributed by atoms with Gasteiger partial charge in [0.05, 0.1) is 12.4 Å². The fourth-order valence-electron chi connectivity index (χ4n) is 1.64. The Hall–Kier alpha value is -1.69. The van der Waals surface area contributed by atoms with Gasteiger partial charge in [0.2, 0.25) is 0 Å². The third-order valence-corrected chi connectivity index (χ3v) is 2.59. The largest absolute Gasteiger partial charge is 0.335 e. The fourth-order valence-corrected chi connectivity index (χ4v) is 1.64. The third kappa shape index (κ3) is 2.11. The van der Waals surface area contributed by atoms with Crippen molar-refractivity contribution in [2.45, 2.75) is 25.8 Å². The first-order valence-corrected chi connectivity index (χ1v) is 5.36. The molecule has 1 aliphatic carbocycles. The van der Waals surface area contributed by atoms with Crippen LogP contribution >= 0.6 is 0 Å². The molecule has 1 fully saturated rings. The third-order valence-electron chi connectivity index (χ3n) is 2.59. The van der Waals surface area contributed by atoms with Crippen LogP contribution in [0, 0.1) is 0 Å². The van der Waals surface area contributed by atoms with Crippen molar-refractivity contribution in [3.05, 3.63) is 18.1 Å². The van der Waals surface area contributed by atoms with E-state index in [-0.39, 0.29) is 5.91 Å². The number of nitrogens with zero attached hydrogens (tertiary/aromatic N) is 3. The van der Waals surface area contributed by atoms with Gasteiger partial charge < -0.3 is 10.3 Å². The number of hydrazine groups is 1. The van der Waals surface area contributed by atoms with E-state index in [1.807, 2.05) is 11.8 Å². The van der Waals surface area contributed by atoms with Crippen LogP contribution in [0.4, 0.5) is 5.82 Å². The summed E-state index contributed by atoms with van der Waals surface area (Å²) in [4.78, 5) is 21.9. The summed E-state index contributed by atoms with van der Waals surface area (Å²) in [7, 11) is 0. The Kier molecular flexibility index (Phi) is 3.00. The summed E-state index contributed by atoms with van der Waals surface area (Å²) in [5.74, 6) is 5.55. The Bertz CT molecular complexity index is 391. The molecule has 2 rings (SSSR count). The lowest BCUT2D eigenvalue weighted by molar-refractivity contribution is 0.0746. The van der Waals surface area contributed by atoms with Gasteiger partial charge in [-0.2, -0.15) is 0 Å². The first-order chi connectivity index (χ1) is 7.76. The quantitative estimate of drug-likeness (QED) is 0.567. The van der Waals surface area contributed by atoms with E-state index in [4.69, 9.17) is 5.84 Å². The minimum Gasteiger partial charge on any atom is -0.335 e. The molecule has 1 aromatic rings. The topological polar surface area (TPSA) is 84.1 Å². The Morgan fingerprint density at radius 1 is 1.62 bits per heavy atom. The summed E-state index contributed by atoms with van der Waals surface area (Å²) in [5, 5.41) is 0. The maximum atomic E-state index is 12.1. The Morgan fingerprint density at radius 3 is 2.94 bits per heavy atom. The lowest BCUT2D eigenvalue weighted by Gasteiger charge is -2.19. The SMILES string of the molecule is CCN(C(=O)c1cncc(NN)n1)C1CC1. The number of carbonyl (C=O) groups is 1.